The second kappa shape index (κ2) is 7.52. The molecule has 2 aromatic rings. The molecule has 164 valence electrons. The number of fused-ring (bicyclic) bond motifs is 1. The van der Waals surface area contributed by atoms with E-state index in [9.17, 15) is 9.59 Å². The average molecular weight is 421 g/mol. The van der Waals surface area contributed by atoms with Crippen molar-refractivity contribution in [3.8, 4) is 0 Å². The zero-order valence-corrected chi connectivity index (χ0v) is 18.8. The molecule has 0 bridgehead atoms. The monoisotopic (exact) mass is 420 g/mol. The predicted octanol–water partition coefficient (Wildman–Crippen LogP) is 2.85. The van der Waals surface area contributed by atoms with E-state index in [4.69, 9.17) is 0 Å². The van der Waals surface area contributed by atoms with Gasteiger partial charge in [0.1, 0.15) is 0 Å². The number of benzene rings is 1. The summed E-state index contributed by atoms with van der Waals surface area (Å²) in [5, 5.41) is 0. The van der Waals surface area contributed by atoms with E-state index in [-0.39, 0.29) is 23.8 Å². The largest absolute Gasteiger partial charge is 0.353 e. The molecule has 2 fully saturated rings. The maximum Gasteiger partial charge on any atom is 0.254 e. The van der Waals surface area contributed by atoms with Gasteiger partial charge in [-0.15, -0.1) is 0 Å². The number of carbonyl (C=O) groups excluding carboxylic acids is 2. The summed E-state index contributed by atoms with van der Waals surface area (Å²) in [7, 11) is 2.06. The molecule has 1 unspecified atom stereocenters. The van der Waals surface area contributed by atoms with E-state index in [1.54, 1.807) is 0 Å². The first-order chi connectivity index (χ1) is 14.9. The number of aryl methyl sites for hydroxylation is 1. The molecule has 2 saturated heterocycles. The predicted molar refractivity (Wildman–Crippen MR) is 120 cm³/mol. The standard InChI is InChI=1S/C25H32N4O2/c1-18(2)29-23(30)21-11-5-4-10-20(21)22(24(31)28-13-6-7-14-28)25(29)16-27(17-25)15-19-9-8-12-26(19)3/h4-5,8-12,18,22H,6-7,13-17H2,1-3H3. The summed E-state index contributed by atoms with van der Waals surface area (Å²) in [6.07, 6.45) is 4.20. The van der Waals surface area contributed by atoms with Gasteiger partial charge in [0, 0.05) is 63.3 Å². The third-order valence-electron chi connectivity index (χ3n) is 7.35. The lowest BCUT2D eigenvalue weighted by molar-refractivity contribution is -0.144. The molecule has 1 atom stereocenters. The first-order valence-electron chi connectivity index (χ1n) is 11.5. The lowest BCUT2D eigenvalue weighted by atomic mass is 9.67. The number of aromatic nitrogens is 1. The van der Waals surface area contributed by atoms with Gasteiger partial charge in [-0.05, 0) is 50.5 Å². The fraction of sp³-hybridized carbons (Fsp3) is 0.520. The lowest BCUT2D eigenvalue weighted by Crippen LogP contribution is -2.77. The molecule has 1 spiro atoms. The van der Waals surface area contributed by atoms with Crippen molar-refractivity contribution >= 4 is 11.8 Å². The van der Waals surface area contributed by atoms with Gasteiger partial charge < -0.3 is 14.4 Å². The van der Waals surface area contributed by atoms with Gasteiger partial charge in [-0.1, -0.05) is 18.2 Å². The van der Waals surface area contributed by atoms with Crippen LogP contribution >= 0.6 is 0 Å². The minimum Gasteiger partial charge on any atom is -0.353 e. The second-order valence-electron chi connectivity index (χ2n) is 9.68. The van der Waals surface area contributed by atoms with Crippen LogP contribution in [-0.2, 0) is 18.4 Å². The Morgan fingerprint density at radius 3 is 2.45 bits per heavy atom. The van der Waals surface area contributed by atoms with Crippen molar-refractivity contribution < 1.29 is 9.59 Å². The van der Waals surface area contributed by atoms with Crippen LogP contribution in [0.25, 0.3) is 0 Å². The highest BCUT2D eigenvalue weighted by atomic mass is 16.2. The highest BCUT2D eigenvalue weighted by Gasteiger charge is 2.61. The summed E-state index contributed by atoms with van der Waals surface area (Å²) in [4.78, 5) is 33.9. The summed E-state index contributed by atoms with van der Waals surface area (Å²) in [6, 6.07) is 12.0. The van der Waals surface area contributed by atoms with E-state index in [1.165, 1.54) is 5.69 Å². The molecule has 2 amide bonds. The Hall–Kier alpha value is -2.60. The third kappa shape index (κ3) is 3.11. The normalized spacial score (nSPS) is 22.8. The summed E-state index contributed by atoms with van der Waals surface area (Å²) in [6.45, 7) is 8.08. The van der Waals surface area contributed by atoms with Crippen LogP contribution in [0, 0.1) is 0 Å². The van der Waals surface area contributed by atoms with Crippen molar-refractivity contribution in [3.63, 3.8) is 0 Å². The molecule has 0 N–H and O–H groups in total. The maximum atomic E-state index is 13.9. The number of rotatable bonds is 4. The zero-order chi connectivity index (χ0) is 21.8. The van der Waals surface area contributed by atoms with Crippen molar-refractivity contribution in [2.75, 3.05) is 26.2 Å². The number of amides is 2. The molecule has 0 aliphatic carbocycles. The first kappa shape index (κ1) is 20.3. The van der Waals surface area contributed by atoms with Crippen LogP contribution in [0.3, 0.4) is 0 Å². The van der Waals surface area contributed by atoms with Crippen molar-refractivity contribution in [1.29, 1.82) is 0 Å². The van der Waals surface area contributed by atoms with Gasteiger partial charge in [0.2, 0.25) is 5.91 Å². The number of hydrogen-bond donors (Lipinski definition) is 0. The number of carbonyl (C=O) groups is 2. The van der Waals surface area contributed by atoms with Crippen LogP contribution in [0.15, 0.2) is 42.6 Å². The smallest absolute Gasteiger partial charge is 0.254 e. The van der Waals surface area contributed by atoms with Crippen LogP contribution < -0.4 is 0 Å². The fourth-order valence-corrected chi connectivity index (χ4v) is 6.00. The number of likely N-dealkylation sites (tertiary alicyclic amines) is 2. The highest BCUT2D eigenvalue weighted by molar-refractivity contribution is 6.02. The Bertz CT molecular complexity index is 998. The van der Waals surface area contributed by atoms with Crippen LogP contribution in [0.5, 0.6) is 0 Å². The molecule has 1 aromatic carbocycles. The minimum atomic E-state index is -0.482. The quantitative estimate of drug-likeness (QED) is 0.764. The molecule has 6 heteroatoms. The van der Waals surface area contributed by atoms with E-state index < -0.39 is 5.54 Å². The Balaban J connectivity index is 1.55. The Labute approximate surface area is 184 Å². The molecule has 3 aliphatic rings. The highest BCUT2D eigenvalue weighted by Crippen LogP contribution is 2.48. The summed E-state index contributed by atoms with van der Waals surface area (Å²) < 4.78 is 2.14. The topological polar surface area (TPSA) is 48.8 Å². The molecular formula is C25H32N4O2. The van der Waals surface area contributed by atoms with Crippen LogP contribution in [0.4, 0.5) is 0 Å². The van der Waals surface area contributed by atoms with Crippen LogP contribution in [0.1, 0.15) is 54.2 Å². The van der Waals surface area contributed by atoms with E-state index in [0.717, 1.165) is 51.1 Å². The van der Waals surface area contributed by atoms with Gasteiger partial charge in [0.25, 0.3) is 5.91 Å². The van der Waals surface area contributed by atoms with Gasteiger partial charge in [-0.25, -0.2) is 0 Å². The maximum absolute atomic E-state index is 13.9. The van der Waals surface area contributed by atoms with E-state index in [1.807, 2.05) is 34.1 Å². The molecule has 5 rings (SSSR count). The molecule has 3 aliphatic heterocycles. The average Bonchev–Trinajstić information content (AvgIpc) is 3.39. The second-order valence-corrected chi connectivity index (χ2v) is 9.68. The van der Waals surface area contributed by atoms with Gasteiger partial charge >= 0.3 is 0 Å². The summed E-state index contributed by atoms with van der Waals surface area (Å²) in [5.41, 5.74) is 2.38. The van der Waals surface area contributed by atoms with E-state index >= 15 is 0 Å². The van der Waals surface area contributed by atoms with Crippen molar-refractivity contribution in [2.45, 2.75) is 50.7 Å². The van der Waals surface area contributed by atoms with Gasteiger partial charge in [0.15, 0.2) is 0 Å². The zero-order valence-electron chi connectivity index (χ0n) is 18.8. The van der Waals surface area contributed by atoms with Crippen molar-refractivity contribution in [3.05, 3.63) is 59.4 Å². The summed E-state index contributed by atoms with van der Waals surface area (Å²) >= 11 is 0. The van der Waals surface area contributed by atoms with Crippen molar-refractivity contribution in [2.24, 2.45) is 7.05 Å². The third-order valence-corrected chi connectivity index (χ3v) is 7.35. The molecule has 31 heavy (non-hydrogen) atoms. The van der Waals surface area contributed by atoms with Gasteiger partial charge in [-0.3, -0.25) is 14.5 Å². The van der Waals surface area contributed by atoms with E-state index in [0.29, 0.717) is 5.56 Å². The van der Waals surface area contributed by atoms with Gasteiger partial charge in [-0.2, -0.15) is 0 Å². The van der Waals surface area contributed by atoms with Gasteiger partial charge in [0.05, 0.1) is 11.5 Å². The number of nitrogens with zero attached hydrogens (tertiary/aromatic N) is 4. The Kier molecular flexibility index (Phi) is 4.93. The molecule has 0 radical (unpaired) electrons. The first-order valence-corrected chi connectivity index (χ1v) is 11.5. The van der Waals surface area contributed by atoms with E-state index in [2.05, 4.69) is 48.7 Å². The molecular weight excluding hydrogens is 388 g/mol. The SMILES string of the molecule is CC(C)N1C(=O)c2ccccc2C(C(=O)N2CCCC2)C12CN(Cc1cccn1C)C2. The molecule has 1 aromatic heterocycles. The van der Waals surface area contributed by atoms with Crippen molar-refractivity contribution in [1.82, 2.24) is 19.3 Å². The molecule has 0 saturated carbocycles. The minimum absolute atomic E-state index is 0.0342. The van der Waals surface area contributed by atoms with Crippen LogP contribution in [-0.4, -0.2) is 68.8 Å². The van der Waals surface area contributed by atoms with Crippen LogP contribution in [0.2, 0.25) is 0 Å². The molecule has 6 nitrogen and oxygen atoms in total. The fourth-order valence-electron chi connectivity index (χ4n) is 6.00. The number of hydrogen-bond acceptors (Lipinski definition) is 3. The summed E-state index contributed by atoms with van der Waals surface area (Å²) in [5.74, 6) is -0.0391. The Morgan fingerprint density at radius 1 is 1.10 bits per heavy atom. The lowest BCUT2D eigenvalue weighted by Gasteiger charge is -2.62. The Morgan fingerprint density at radius 2 is 1.81 bits per heavy atom. The molecule has 4 heterocycles.